The van der Waals surface area contributed by atoms with Gasteiger partial charge in [-0.15, -0.1) is 0 Å². The Morgan fingerprint density at radius 1 is 1.25 bits per heavy atom. The van der Waals surface area contributed by atoms with Crippen molar-refractivity contribution < 1.29 is 4.74 Å². The third kappa shape index (κ3) is 2.39. The van der Waals surface area contributed by atoms with Crippen molar-refractivity contribution in [2.75, 3.05) is 13.7 Å². The number of aryl methyl sites for hydroxylation is 1. The smallest absolute Gasteiger partial charge is 0.0499 e. The molecule has 0 unspecified atom stereocenters. The summed E-state index contributed by atoms with van der Waals surface area (Å²) in [5.41, 5.74) is 1.21. The summed E-state index contributed by atoms with van der Waals surface area (Å²) in [6, 6.07) is 8.11. The van der Waals surface area contributed by atoms with Gasteiger partial charge in [-0.3, -0.25) is 0 Å². The van der Waals surface area contributed by atoms with Crippen molar-refractivity contribution in [1.82, 2.24) is 4.57 Å². The second-order valence-electron chi connectivity index (χ2n) is 3.88. The normalized spacial score (nSPS) is 11.1. The number of aromatic nitrogens is 1. The molecule has 2 rings (SSSR count). The Labute approximate surface area is 101 Å². The van der Waals surface area contributed by atoms with E-state index in [9.17, 15) is 0 Å². The molecule has 0 amide bonds. The Morgan fingerprint density at radius 2 is 2.12 bits per heavy atom. The van der Waals surface area contributed by atoms with E-state index in [-0.39, 0.29) is 0 Å². The van der Waals surface area contributed by atoms with Gasteiger partial charge in [-0.1, -0.05) is 17.7 Å². The molecule has 0 aliphatic heterocycles. The van der Waals surface area contributed by atoms with Crippen molar-refractivity contribution >= 4 is 22.5 Å². The predicted molar refractivity (Wildman–Crippen MR) is 68.1 cm³/mol. The molecule has 2 aromatic rings. The highest BCUT2D eigenvalue weighted by atomic mass is 35.5. The Kier molecular flexibility index (Phi) is 3.86. The lowest BCUT2D eigenvalue weighted by Crippen LogP contribution is -1.98. The van der Waals surface area contributed by atoms with Crippen molar-refractivity contribution in [3.8, 4) is 0 Å². The highest BCUT2D eigenvalue weighted by Crippen LogP contribution is 2.24. The molecule has 0 N–H and O–H groups in total. The van der Waals surface area contributed by atoms with Crippen LogP contribution in [-0.4, -0.2) is 18.3 Å². The molecule has 1 aromatic heterocycles. The first kappa shape index (κ1) is 11.5. The fourth-order valence-electron chi connectivity index (χ4n) is 1.91. The molecule has 0 aliphatic carbocycles. The third-order valence-corrected chi connectivity index (χ3v) is 3.09. The van der Waals surface area contributed by atoms with Crippen LogP contribution in [-0.2, 0) is 11.3 Å². The number of unbranched alkanes of at least 4 members (excludes halogenated alkanes) is 1. The van der Waals surface area contributed by atoms with Gasteiger partial charge in [0.05, 0.1) is 0 Å². The number of methoxy groups -OCH3 is 1. The number of nitrogens with zero attached hydrogens (tertiary/aromatic N) is 1. The zero-order valence-corrected chi connectivity index (χ0v) is 10.2. The predicted octanol–water partition coefficient (Wildman–Crippen LogP) is 3.72. The van der Waals surface area contributed by atoms with E-state index in [0.717, 1.165) is 36.4 Å². The van der Waals surface area contributed by atoms with E-state index in [1.54, 1.807) is 7.11 Å². The number of ether oxygens (including phenoxy) is 1. The van der Waals surface area contributed by atoms with Crippen LogP contribution in [0.5, 0.6) is 0 Å². The van der Waals surface area contributed by atoms with E-state index < -0.39 is 0 Å². The summed E-state index contributed by atoms with van der Waals surface area (Å²) in [4.78, 5) is 0. The Bertz CT molecular complexity index is 464. The molecule has 0 radical (unpaired) electrons. The summed E-state index contributed by atoms with van der Waals surface area (Å²) in [6.07, 6.45) is 4.32. The summed E-state index contributed by atoms with van der Waals surface area (Å²) >= 11 is 6.12. The largest absolute Gasteiger partial charge is 0.385 e. The van der Waals surface area contributed by atoms with Crippen molar-refractivity contribution in [3.63, 3.8) is 0 Å². The maximum Gasteiger partial charge on any atom is 0.0499 e. The summed E-state index contributed by atoms with van der Waals surface area (Å²) in [5, 5.41) is 1.96. The quantitative estimate of drug-likeness (QED) is 0.723. The maximum absolute atomic E-state index is 6.12. The number of hydrogen-bond acceptors (Lipinski definition) is 1. The number of halogens is 1. The zero-order chi connectivity index (χ0) is 11.4. The molecule has 0 saturated heterocycles. The monoisotopic (exact) mass is 237 g/mol. The van der Waals surface area contributed by atoms with E-state index in [1.165, 1.54) is 5.52 Å². The first-order chi connectivity index (χ1) is 7.83. The van der Waals surface area contributed by atoms with Gasteiger partial charge in [0.1, 0.15) is 0 Å². The van der Waals surface area contributed by atoms with Gasteiger partial charge in [-0.2, -0.15) is 0 Å². The minimum absolute atomic E-state index is 0.827. The lowest BCUT2D eigenvalue weighted by atomic mass is 10.2. The highest BCUT2D eigenvalue weighted by molar-refractivity contribution is 6.35. The van der Waals surface area contributed by atoms with Crippen molar-refractivity contribution in [2.24, 2.45) is 0 Å². The van der Waals surface area contributed by atoms with Gasteiger partial charge in [0.2, 0.25) is 0 Å². The van der Waals surface area contributed by atoms with Crippen LogP contribution < -0.4 is 0 Å². The van der Waals surface area contributed by atoms with Gasteiger partial charge >= 0.3 is 0 Å². The van der Waals surface area contributed by atoms with Crippen molar-refractivity contribution in [3.05, 3.63) is 35.5 Å². The van der Waals surface area contributed by atoms with Crippen LogP contribution in [0.4, 0.5) is 0 Å². The van der Waals surface area contributed by atoms with E-state index in [4.69, 9.17) is 16.3 Å². The SMILES string of the molecule is COCCCCn1ccc2c(Cl)cccc21. The van der Waals surface area contributed by atoms with Crippen LogP contribution in [0.15, 0.2) is 30.5 Å². The van der Waals surface area contributed by atoms with Crippen LogP contribution >= 0.6 is 11.6 Å². The molecular weight excluding hydrogens is 222 g/mol. The number of rotatable bonds is 5. The number of benzene rings is 1. The average molecular weight is 238 g/mol. The second kappa shape index (κ2) is 5.37. The molecule has 0 aliphatic rings. The van der Waals surface area contributed by atoms with E-state index in [2.05, 4.69) is 22.9 Å². The van der Waals surface area contributed by atoms with Crippen molar-refractivity contribution in [2.45, 2.75) is 19.4 Å². The Balaban J connectivity index is 2.10. The van der Waals surface area contributed by atoms with Gasteiger partial charge in [-0.05, 0) is 31.0 Å². The number of hydrogen-bond donors (Lipinski definition) is 0. The Hall–Kier alpha value is -0.990. The van der Waals surface area contributed by atoms with Gasteiger partial charge in [0.15, 0.2) is 0 Å². The van der Waals surface area contributed by atoms with Crippen LogP contribution in [0.1, 0.15) is 12.8 Å². The van der Waals surface area contributed by atoms with E-state index >= 15 is 0 Å². The fraction of sp³-hybridized carbons (Fsp3) is 0.385. The van der Waals surface area contributed by atoms with Crippen LogP contribution in [0, 0.1) is 0 Å². The first-order valence-electron chi connectivity index (χ1n) is 5.55. The van der Waals surface area contributed by atoms with Gasteiger partial charge in [-0.25, -0.2) is 0 Å². The molecular formula is C13H16ClNO. The molecule has 1 heterocycles. The highest BCUT2D eigenvalue weighted by Gasteiger charge is 2.03. The summed E-state index contributed by atoms with van der Waals surface area (Å²) in [5.74, 6) is 0. The summed E-state index contributed by atoms with van der Waals surface area (Å²) in [7, 11) is 1.74. The molecule has 0 saturated carbocycles. The molecule has 0 bridgehead atoms. The molecule has 0 fully saturated rings. The topological polar surface area (TPSA) is 14.2 Å². The maximum atomic E-state index is 6.12. The lowest BCUT2D eigenvalue weighted by molar-refractivity contribution is 0.191. The lowest BCUT2D eigenvalue weighted by Gasteiger charge is -2.05. The van der Waals surface area contributed by atoms with Crippen LogP contribution in [0.25, 0.3) is 10.9 Å². The zero-order valence-electron chi connectivity index (χ0n) is 9.45. The molecule has 0 atom stereocenters. The van der Waals surface area contributed by atoms with Crippen LogP contribution in [0.3, 0.4) is 0 Å². The summed E-state index contributed by atoms with van der Waals surface area (Å²) in [6.45, 7) is 1.85. The van der Waals surface area contributed by atoms with E-state index in [1.807, 2.05) is 12.1 Å². The van der Waals surface area contributed by atoms with Gasteiger partial charge in [0, 0.05) is 42.4 Å². The summed E-state index contributed by atoms with van der Waals surface area (Å²) < 4.78 is 7.28. The third-order valence-electron chi connectivity index (χ3n) is 2.76. The van der Waals surface area contributed by atoms with Gasteiger partial charge < -0.3 is 9.30 Å². The minimum atomic E-state index is 0.827. The van der Waals surface area contributed by atoms with E-state index in [0.29, 0.717) is 0 Å². The standard InChI is InChI=1S/C13H16ClNO/c1-16-10-3-2-8-15-9-7-11-12(14)5-4-6-13(11)15/h4-7,9H,2-3,8,10H2,1H3. The molecule has 86 valence electrons. The van der Waals surface area contributed by atoms with Crippen molar-refractivity contribution in [1.29, 1.82) is 0 Å². The molecule has 3 heteroatoms. The number of fused-ring (bicyclic) bond motifs is 1. The first-order valence-corrected chi connectivity index (χ1v) is 5.93. The van der Waals surface area contributed by atoms with Crippen LogP contribution in [0.2, 0.25) is 5.02 Å². The average Bonchev–Trinajstić information content (AvgIpc) is 2.70. The second-order valence-corrected chi connectivity index (χ2v) is 4.29. The van der Waals surface area contributed by atoms with Gasteiger partial charge in [0.25, 0.3) is 0 Å². The molecule has 1 aromatic carbocycles. The molecule has 2 nitrogen and oxygen atoms in total. The molecule has 0 spiro atoms. The fourth-order valence-corrected chi connectivity index (χ4v) is 2.14. The minimum Gasteiger partial charge on any atom is -0.385 e. The molecule has 16 heavy (non-hydrogen) atoms. The Morgan fingerprint density at radius 3 is 2.94 bits per heavy atom.